The standard InChI is InChI=1S/C20H24ClN3O4S/c1-29(27,28)18-7-6-14(8-17(18)21)16(13-4-2-3-5-13)9-20(26)24-19-11-22-15(12-25)10-23-19/h6-8,10-11,13,16,25H,2-5,9,12H2,1H3,(H,23,24,26)/t16-/m1/s1. The number of halogens is 1. The topological polar surface area (TPSA) is 109 Å². The van der Waals surface area contributed by atoms with Crippen LogP contribution in [0.25, 0.3) is 0 Å². The highest BCUT2D eigenvalue weighted by Crippen LogP contribution is 2.40. The zero-order valence-corrected chi connectivity index (χ0v) is 17.7. The van der Waals surface area contributed by atoms with Gasteiger partial charge in [0.1, 0.15) is 0 Å². The maximum absolute atomic E-state index is 12.7. The van der Waals surface area contributed by atoms with E-state index in [-0.39, 0.29) is 34.8 Å². The van der Waals surface area contributed by atoms with Crippen molar-refractivity contribution < 1.29 is 18.3 Å². The first-order valence-electron chi connectivity index (χ1n) is 9.49. The van der Waals surface area contributed by atoms with Crippen molar-refractivity contribution in [3.05, 3.63) is 46.9 Å². The number of aliphatic hydroxyl groups excluding tert-OH is 1. The molecule has 3 rings (SSSR count). The first-order chi connectivity index (χ1) is 13.8. The van der Waals surface area contributed by atoms with E-state index in [0.29, 0.717) is 17.4 Å². The van der Waals surface area contributed by atoms with Gasteiger partial charge in [-0.15, -0.1) is 0 Å². The average Bonchev–Trinajstić information content (AvgIpc) is 3.20. The van der Waals surface area contributed by atoms with Crippen LogP contribution in [0.2, 0.25) is 5.02 Å². The van der Waals surface area contributed by atoms with Gasteiger partial charge >= 0.3 is 0 Å². The largest absolute Gasteiger partial charge is 0.390 e. The van der Waals surface area contributed by atoms with Crippen molar-refractivity contribution in [3.8, 4) is 0 Å². The van der Waals surface area contributed by atoms with Crippen LogP contribution in [0.4, 0.5) is 5.82 Å². The second-order valence-corrected chi connectivity index (χ2v) is 9.81. The van der Waals surface area contributed by atoms with Gasteiger partial charge in [0.25, 0.3) is 0 Å². The zero-order chi connectivity index (χ0) is 21.0. The van der Waals surface area contributed by atoms with Crippen molar-refractivity contribution >= 4 is 33.2 Å². The van der Waals surface area contributed by atoms with Crippen LogP contribution in [0.3, 0.4) is 0 Å². The van der Waals surface area contributed by atoms with E-state index >= 15 is 0 Å². The van der Waals surface area contributed by atoms with Crippen LogP contribution in [-0.4, -0.2) is 35.7 Å². The molecule has 2 aromatic rings. The minimum atomic E-state index is -3.41. The predicted molar refractivity (Wildman–Crippen MR) is 110 cm³/mol. The highest BCUT2D eigenvalue weighted by Gasteiger charge is 2.29. The molecular weight excluding hydrogens is 414 g/mol. The second kappa shape index (κ2) is 9.19. The molecule has 1 aliphatic carbocycles. The van der Waals surface area contributed by atoms with E-state index in [2.05, 4.69) is 15.3 Å². The lowest BCUT2D eigenvalue weighted by atomic mass is 9.82. The number of rotatable bonds is 7. The van der Waals surface area contributed by atoms with Gasteiger partial charge in [-0.05, 0) is 42.4 Å². The van der Waals surface area contributed by atoms with Gasteiger partial charge in [-0.1, -0.05) is 30.5 Å². The molecule has 0 radical (unpaired) electrons. The number of carbonyl (C=O) groups is 1. The fourth-order valence-electron chi connectivity index (χ4n) is 3.86. The van der Waals surface area contributed by atoms with Gasteiger partial charge in [0.15, 0.2) is 15.7 Å². The third-order valence-electron chi connectivity index (χ3n) is 5.29. The van der Waals surface area contributed by atoms with Crippen molar-refractivity contribution in [2.75, 3.05) is 11.6 Å². The van der Waals surface area contributed by atoms with E-state index in [4.69, 9.17) is 16.7 Å². The van der Waals surface area contributed by atoms with E-state index in [1.807, 2.05) is 0 Å². The molecular formula is C20H24ClN3O4S. The van der Waals surface area contributed by atoms with Crippen LogP contribution in [0, 0.1) is 5.92 Å². The Morgan fingerprint density at radius 2 is 2.00 bits per heavy atom. The zero-order valence-electron chi connectivity index (χ0n) is 16.1. The maximum Gasteiger partial charge on any atom is 0.226 e. The molecule has 29 heavy (non-hydrogen) atoms. The SMILES string of the molecule is CS(=O)(=O)c1ccc([C@H](CC(=O)Nc2cnc(CO)cn2)C2CCCC2)cc1Cl. The fraction of sp³-hybridized carbons (Fsp3) is 0.450. The molecule has 0 spiro atoms. The fourth-order valence-corrected chi connectivity index (χ4v) is 5.20. The summed E-state index contributed by atoms with van der Waals surface area (Å²) in [6.45, 7) is -0.213. The lowest BCUT2D eigenvalue weighted by Crippen LogP contribution is -2.20. The first kappa shape index (κ1) is 21.7. The number of hydrogen-bond donors (Lipinski definition) is 2. The Kier molecular flexibility index (Phi) is 6.87. The Bertz CT molecular complexity index is 974. The van der Waals surface area contributed by atoms with E-state index in [9.17, 15) is 13.2 Å². The molecule has 1 heterocycles. The summed E-state index contributed by atoms with van der Waals surface area (Å²) in [5.74, 6) is 0.399. The van der Waals surface area contributed by atoms with Crippen LogP contribution in [0.1, 0.15) is 49.3 Å². The summed E-state index contributed by atoms with van der Waals surface area (Å²) in [6.07, 6.45) is 8.46. The highest BCUT2D eigenvalue weighted by atomic mass is 35.5. The van der Waals surface area contributed by atoms with Crippen LogP contribution in [-0.2, 0) is 21.2 Å². The number of sulfone groups is 1. The van der Waals surface area contributed by atoms with Crippen molar-refractivity contribution in [3.63, 3.8) is 0 Å². The lowest BCUT2D eigenvalue weighted by Gasteiger charge is -2.24. The quantitative estimate of drug-likeness (QED) is 0.687. The number of benzene rings is 1. The molecule has 7 nitrogen and oxygen atoms in total. The van der Waals surface area contributed by atoms with Gasteiger partial charge < -0.3 is 10.4 Å². The number of anilines is 1. The molecule has 1 atom stereocenters. The third kappa shape index (κ3) is 5.52. The average molecular weight is 438 g/mol. The predicted octanol–water partition coefficient (Wildman–Crippen LogP) is 3.33. The van der Waals surface area contributed by atoms with Crippen molar-refractivity contribution in [1.29, 1.82) is 0 Å². The molecule has 0 bridgehead atoms. The smallest absolute Gasteiger partial charge is 0.226 e. The molecule has 1 fully saturated rings. The Hall–Kier alpha value is -2.03. The van der Waals surface area contributed by atoms with Crippen LogP contribution < -0.4 is 5.32 Å². The summed E-state index contributed by atoms with van der Waals surface area (Å²) in [5, 5.41) is 12.0. The Balaban J connectivity index is 1.80. The summed E-state index contributed by atoms with van der Waals surface area (Å²) in [4.78, 5) is 20.8. The molecule has 0 saturated heterocycles. The highest BCUT2D eigenvalue weighted by molar-refractivity contribution is 7.90. The van der Waals surface area contributed by atoms with Gasteiger partial charge in [-0.25, -0.2) is 13.4 Å². The van der Waals surface area contributed by atoms with Crippen molar-refractivity contribution in [1.82, 2.24) is 9.97 Å². The third-order valence-corrected chi connectivity index (χ3v) is 6.87. The van der Waals surface area contributed by atoms with E-state index in [0.717, 1.165) is 37.5 Å². The summed E-state index contributed by atoms with van der Waals surface area (Å²) in [6, 6.07) is 4.95. The van der Waals surface area contributed by atoms with Crippen LogP contribution >= 0.6 is 11.6 Å². The van der Waals surface area contributed by atoms with E-state index < -0.39 is 9.84 Å². The monoisotopic (exact) mass is 437 g/mol. The van der Waals surface area contributed by atoms with E-state index in [1.165, 1.54) is 18.5 Å². The molecule has 1 aliphatic rings. The summed E-state index contributed by atoms with van der Waals surface area (Å²) >= 11 is 6.24. The minimum absolute atomic E-state index is 0.0618. The minimum Gasteiger partial charge on any atom is -0.390 e. The molecule has 2 N–H and O–H groups in total. The molecule has 1 amide bonds. The molecule has 156 valence electrons. The lowest BCUT2D eigenvalue weighted by molar-refractivity contribution is -0.116. The molecule has 9 heteroatoms. The molecule has 1 aromatic carbocycles. The van der Waals surface area contributed by atoms with Gasteiger partial charge in [-0.3, -0.25) is 9.78 Å². The summed E-state index contributed by atoms with van der Waals surface area (Å²) < 4.78 is 23.7. The first-order valence-corrected chi connectivity index (χ1v) is 11.8. The number of amides is 1. The second-order valence-electron chi connectivity index (χ2n) is 7.42. The number of nitrogens with zero attached hydrogens (tertiary/aromatic N) is 2. The van der Waals surface area contributed by atoms with Crippen molar-refractivity contribution in [2.24, 2.45) is 5.92 Å². The number of hydrogen-bond acceptors (Lipinski definition) is 6. The van der Waals surface area contributed by atoms with Crippen molar-refractivity contribution in [2.45, 2.75) is 49.5 Å². The molecule has 0 aliphatic heterocycles. The Morgan fingerprint density at radius 1 is 1.28 bits per heavy atom. The summed E-state index contributed by atoms with van der Waals surface area (Å²) in [5.41, 5.74) is 1.29. The van der Waals surface area contributed by atoms with Gasteiger partial charge in [0.05, 0.1) is 34.6 Å². The maximum atomic E-state index is 12.7. The Labute approximate surface area is 175 Å². The molecule has 1 saturated carbocycles. The van der Waals surface area contributed by atoms with Gasteiger partial charge in [0, 0.05) is 12.7 Å². The molecule has 0 unspecified atom stereocenters. The van der Waals surface area contributed by atoms with E-state index in [1.54, 1.807) is 12.1 Å². The number of aromatic nitrogens is 2. The number of carbonyl (C=O) groups excluding carboxylic acids is 1. The Morgan fingerprint density at radius 3 is 2.55 bits per heavy atom. The van der Waals surface area contributed by atoms with Gasteiger partial charge in [0.2, 0.25) is 5.91 Å². The normalized spacial score (nSPS) is 16.0. The van der Waals surface area contributed by atoms with Crippen LogP contribution in [0.15, 0.2) is 35.5 Å². The number of aliphatic hydroxyl groups is 1. The van der Waals surface area contributed by atoms with Crippen LogP contribution in [0.5, 0.6) is 0 Å². The molecule has 1 aromatic heterocycles. The number of nitrogens with one attached hydrogen (secondary N) is 1. The summed E-state index contributed by atoms with van der Waals surface area (Å²) in [7, 11) is -3.41. The van der Waals surface area contributed by atoms with Gasteiger partial charge in [-0.2, -0.15) is 0 Å².